The van der Waals surface area contributed by atoms with Gasteiger partial charge in [0.25, 0.3) is 0 Å². The molecule has 0 radical (unpaired) electrons. The van der Waals surface area contributed by atoms with E-state index < -0.39 is 0 Å². The fourth-order valence-electron chi connectivity index (χ4n) is 1.54. The van der Waals surface area contributed by atoms with Crippen molar-refractivity contribution in [2.24, 2.45) is 0 Å². The fourth-order valence-corrected chi connectivity index (χ4v) is 1.54. The van der Waals surface area contributed by atoms with E-state index in [2.05, 4.69) is 11.9 Å². The Kier molecular flexibility index (Phi) is 3.79. The van der Waals surface area contributed by atoms with Crippen LogP contribution in [0.5, 0.6) is 5.75 Å². The fraction of sp³-hybridized carbons (Fsp3) is 0.429. The van der Waals surface area contributed by atoms with Crippen LogP contribution in [0.3, 0.4) is 0 Å². The molecule has 2 nitrogen and oxygen atoms in total. The molecule has 0 atom stereocenters. The number of hydrogen-bond acceptors (Lipinski definition) is 2. The average molecular weight is 235 g/mol. The summed E-state index contributed by atoms with van der Waals surface area (Å²) in [6.07, 6.45) is 2.52. The van der Waals surface area contributed by atoms with Crippen molar-refractivity contribution in [3.05, 3.63) is 41.7 Å². The third kappa shape index (κ3) is 3.86. The van der Waals surface area contributed by atoms with Crippen molar-refractivity contribution in [1.82, 2.24) is 5.32 Å². The van der Waals surface area contributed by atoms with E-state index in [-0.39, 0.29) is 5.82 Å². The molecule has 1 aliphatic carbocycles. The van der Waals surface area contributed by atoms with Crippen LogP contribution in [-0.4, -0.2) is 19.2 Å². The number of nitrogens with one attached hydrogen (secondary N) is 1. The molecule has 17 heavy (non-hydrogen) atoms. The van der Waals surface area contributed by atoms with Crippen LogP contribution in [0, 0.1) is 12.7 Å². The first-order valence-electron chi connectivity index (χ1n) is 5.94. The summed E-state index contributed by atoms with van der Waals surface area (Å²) in [6, 6.07) is 5.24. The second kappa shape index (κ2) is 5.32. The zero-order chi connectivity index (χ0) is 12.3. The Morgan fingerprint density at radius 1 is 1.53 bits per heavy atom. The van der Waals surface area contributed by atoms with E-state index in [1.54, 1.807) is 6.07 Å². The molecule has 1 N–H and O–H groups in total. The van der Waals surface area contributed by atoms with Crippen molar-refractivity contribution < 1.29 is 9.13 Å². The Balaban J connectivity index is 1.79. The van der Waals surface area contributed by atoms with Crippen molar-refractivity contribution in [1.29, 1.82) is 0 Å². The molecule has 2 rings (SSSR count). The molecule has 92 valence electrons. The van der Waals surface area contributed by atoms with Crippen LogP contribution in [0.25, 0.3) is 0 Å². The summed E-state index contributed by atoms with van der Waals surface area (Å²) in [4.78, 5) is 0. The molecule has 0 aliphatic heterocycles. The molecule has 0 saturated heterocycles. The number of aryl methyl sites for hydroxylation is 1. The molecule has 1 aromatic carbocycles. The van der Waals surface area contributed by atoms with Gasteiger partial charge >= 0.3 is 0 Å². The minimum Gasteiger partial charge on any atom is -0.489 e. The lowest BCUT2D eigenvalue weighted by molar-refractivity contribution is 0.343. The van der Waals surface area contributed by atoms with Gasteiger partial charge in [-0.2, -0.15) is 0 Å². The van der Waals surface area contributed by atoms with E-state index in [0.717, 1.165) is 17.7 Å². The summed E-state index contributed by atoms with van der Waals surface area (Å²) >= 11 is 0. The highest BCUT2D eigenvalue weighted by Gasteiger charge is 2.20. The molecule has 0 spiro atoms. The lowest BCUT2D eigenvalue weighted by Gasteiger charge is -2.11. The average Bonchev–Trinajstić information content (AvgIpc) is 3.11. The number of benzene rings is 1. The van der Waals surface area contributed by atoms with Gasteiger partial charge in [-0.25, -0.2) is 4.39 Å². The molecule has 1 aromatic rings. The van der Waals surface area contributed by atoms with Crippen LogP contribution >= 0.6 is 0 Å². The van der Waals surface area contributed by atoms with Gasteiger partial charge in [0.05, 0.1) is 0 Å². The van der Waals surface area contributed by atoms with Gasteiger partial charge in [0, 0.05) is 18.7 Å². The van der Waals surface area contributed by atoms with Crippen LogP contribution in [-0.2, 0) is 0 Å². The largest absolute Gasteiger partial charge is 0.489 e. The van der Waals surface area contributed by atoms with Gasteiger partial charge < -0.3 is 10.1 Å². The van der Waals surface area contributed by atoms with Crippen LogP contribution in [0.2, 0.25) is 0 Å². The molecule has 0 heterocycles. The summed E-state index contributed by atoms with van der Waals surface area (Å²) in [5.41, 5.74) is 1.93. The molecule has 0 bridgehead atoms. The lowest BCUT2D eigenvalue weighted by Crippen LogP contribution is -2.21. The van der Waals surface area contributed by atoms with Gasteiger partial charge in [-0.1, -0.05) is 12.6 Å². The molecule has 0 amide bonds. The first-order chi connectivity index (χ1) is 8.15. The van der Waals surface area contributed by atoms with Crippen LogP contribution in [0.1, 0.15) is 18.4 Å². The maximum absolute atomic E-state index is 13.0. The molecule has 0 unspecified atom stereocenters. The minimum absolute atomic E-state index is 0.271. The number of hydrogen-bond donors (Lipinski definition) is 1. The number of ether oxygens (including phenoxy) is 1. The Hall–Kier alpha value is -1.35. The van der Waals surface area contributed by atoms with Gasteiger partial charge in [0.2, 0.25) is 0 Å². The maximum Gasteiger partial charge on any atom is 0.126 e. The van der Waals surface area contributed by atoms with Crippen molar-refractivity contribution in [2.45, 2.75) is 25.8 Å². The van der Waals surface area contributed by atoms with Gasteiger partial charge in [-0.15, -0.1) is 0 Å². The van der Waals surface area contributed by atoms with Gasteiger partial charge in [0.15, 0.2) is 0 Å². The van der Waals surface area contributed by atoms with E-state index in [1.807, 2.05) is 6.92 Å². The normalized spacial score (nSPS) is 14.7. The number of halogens is 1. The third-order valence-corrected chi connectivity index (χ3v) is 2.80. The van der Waals surface area contributed by atoms with E-state index in [1.165, 1.54) is 25.0 Å². The molecule has 1 aliphatic rings. The maximum atomic E-state index is 13.0. The first-order valence-corrected chi connectivity index (χ1v) is 5.94. The predicted octanol–water partition coefficient (Wildman–Crippen LogP) is 2.82. The van der Waals surface area contributed by atoms with E-state index in [4.69, 9.17) is 4.74 Å². The van der Waals surface area contributed by atoms with Crippen molar-refractivity contribution in [2.75, 3.05) is 13.2 Å². The molecule has 1 fully saturated rings. The molecular weight excluding hydrogens is 217 g/mol. The number of rotatable bonds is 6. The molecule has 3 heteroatoms. The predicted molar refractivity (Wildman–Crippen MR) is 66.8 cm³/mol. The Morgan fingerprint density at radius 3 is 3.00 bits per heavy atom. The standard InChI is InChI=1S/C14H18FNO/c1-10(8-16-13-5-6-13)9-17-14-7-12(15)4-3-11(14)2/h3-4,7,13,16H,1,5-6,8-9H2,2H3. The summed E-state index contributed by atoms with van der Waals surface area (Å²) in [5.74, 6) is 0.324. The first kappa shape index (κ1) is 12.1. The van der Waals surface area contributed by atoms with Crippen LogP contribution in [0.4, 0.5) is 4.39 Å². The molecule has 1 saturated carbocycles. The van der Waals surface area contributed by atoms with Crippen LogP contribution < -0.4 is 10.1 Å². The smallest absolute Gasteiger partial charge is 0.126 e. The zero-order valence-corrected chi connectivity index (χ0v) is 10.1. The van der Waals surface area contributed by atoms with E-state index in [9.17, 15) is 4.39 Å². The highest BCUT2D eigenvalue weighted by atomic mass is 19.1. The summed E-state index contributed by atoms with van der Waals surface area (Å²) in [5, 5.41) is 3.37. The van der Waals surface area contributed by atoms with Crippen molar-refractivity contribution >= 4 is 0 Å². The Labute approximate surface area is 101 Å². The zero-order valence-electron chi connectivity index (χ0n) is 10.1. The van der Waals surface area contributed by atoms with Crippen LogP contribution in [0.15, 0.2) is 30.4 Å². The second-order valence-corrected chi connectivity index (χ2v) is 4.60. The SMILES string of the molecule is C=C(CNC1CC1)COc1cc(F)ccc1C. The minimum atomic E-state index is -0.271. The third-order valence-electron chi connectivity index (χ3n) is 2.80. The lowest BCUT2D eigenvalue weighted by atomic mass is 10.2. The second-order valence-electron chi connectivity index (χ2n) is 4.60. The molecular formula is C14H18FNO. The Bertz CT molecular complexity index is 413. The monoisotopic (exact) mass is 235 g/mol. The van der Waals surface area contributed by atoms with Gasteiger partial charge in [-0.05, 0) is 37.0 Å². The summed E-state index contributed by atoms with van der Waals surface area (Å²) in [7, 11) is 0. The highest BCUT2D eigenvalue weighted by molar-refractivity contribution is 5.33. The topological polar surface area (TPSA) is 21.3 Å². The van der Waals surface area contributed by atoms with Gasteiger partial charge in [-0.3, -0.25) is 0 Å². The Morgan fingerprint density at radius 2 is 2.29 bits per heavy atom. The quantitative estimate of drug-likeness (QED) is 0.765. The van der Waals surface area contributed by atoms with E-state index in [0.29, 0.717) is 18.4 Å². The van der Waals surface area contributed by atoms with E-state index >= 15 is 0 Å². The molecule has 0 aromatic heterocycles. The summed E-state index contributed by atoms with van der Waals surface area (Å²) < 4.78 is 18.6. The highest BCUT2D eigenvalue weighted by Crippen LogP contribution is 2.20. The van der Waals surface area contributed by atoms with Gasteiger partial charge in [0.1, 0.15) is 18.2 Å². The summed E-state index contributed by atoms with van der Waals surface area (Å²) in [6.45, 7) is 7.05. The van der Waals surface area contributed by atoms with Crippen molar-refractivity contribution in [3.63, 3.8) is 0 Å². The van der Waals surface area contributed by atoms with Crippen molar-refractivity contribution in [3.8, 4) is 5.75 Å².